The van der Waals surface area contributed by atoms with Gasteiger partial charge in [0.15, 0.2) is 15.5 Å². The number of aryl methyl sites for hydroxylation is 1. The average Bonchev–Trinajstić information content (AvgIpc) is 3.30. The first-order chi connectivity index (χ1) is 14.6. The van der Waals surface area contributed by atoms with E-state index in [9.17, 15) is 9.90 Å². The molecule has 3 heterocycles. The Bertz CT molecular complexity index is 1370. The number of aromatic nitrogens is 1. The molecular formula is C22H16N2O4S2. The molecule has 0 bridgehead atoms. The number of ether oxygens (including phenoxy) is 2. The fraction of sp³-hybridized carbons (Fsp3) is 0.136. The van der Waals surface area contributed by atoms with Crippen molar-refractivity contribution < 1.29 is 19.4 Å². The maximum Gasteiger partial charge on any atom is 0.277 e. The van der Waals surface area contributed by atoms with Gasteiger partial charge in [0.2, 0.25) is 12.7 Å². The van der Waals surface area contributed by atoms with Crippen LogP contribution in [0.15, 0.2) is 53.0 Å². The highest BCUT2D eigenvalue weighted by Crippen LogP contribution is 2.30. The van der Waals surface area contributed by atoms with Crippen molar-refractivity contribution in [1.82, 2.24) is 4.57 Å². The molecule has 2 aliphatic heterocycles. The lowest BCUT2D eigenvalue weighted by Gasteiger charge is -2.06. The summed E-state index contributed by atoms with van der Waals surface area (Å²) in [6.07, 6.45) is 4.12. The largest absolute Gasteiger partial charge is 0.493 e. The van der Waals surface area contributed by atoms with Crippen LogP contribution in [0.2, 0.25) is 0 Å². The zero-order chi connectivity index (χ0) is 20.7. The van der Waals surface area contributed by atoms with Crippen molar-refractivity contribution >= 4 is 41.6 Å². The summed E-state index contributed by atoms with van der Waals surface area (Å²) < 4.78 is 13.0. The summed E-state index contributed by atoms with van der Waals surface area (Å²) in [5, 5.41) is 12.0. The van der Waals surface area contributed by atoms with Crippen molar-refractivity contribution in [3.8, 4) is 17.4 Å². The number of hydrogen-bond donors (Lipinski definition) is 1. The maximum absolute atomic E-state index is 12.5. The van der Waals surface area contributed by atoms with Crippen LogP contribution >= 0.6 is 23.6 Å². The van der Waals surface area contributed by atoms with Gasteiger partial charge in [-0.05, 0) is 42.4 Å². The molecule has 2 aliphatic rings. The number of nitrogens with zero attached hydrogens (tertiary/aromatic N) is 2. The monoisotopic (exact) mass is 436 g/mol. The zero-order valence-electron chi connectivity index (χ0n) is 15.7. The Hall–Kier alpha value is -3.23. The predicted molar refractivity (Wildman–Crippen MR) is 116 cm³/mol. The van der Waals surface area contributed by atoms with Gasteiger partial charge in [0, 0.05) is 23.4 Å². The fourth-order valence-corrected chi connectivity index (χ4v) is 4.71. The van der Waals surface area contributed by atoms with Crippen LogP contribution in [0.5, 0.6) is 17.4 Å². The molecule has 3 aromatic rings. The van der Waals surface area contributed by atoms with E-state index in [1.807, 2.05) is 30.3 Å². The number of rotatable bonds is 4. The summed E-state index contributed by atoms with van der Waals surface area (Å²) in [7, 11) is 0. The maximum atomic E-state index is 12.5. The summed E-state index contributed by atoms with van der Waals surface area (Å²) in [6.45, 7) is 0.714. The molecule has 0 aliphatic carbocycles. The Morgan fingerprint density at radius 3 is 2.77 bits per heavy atom. The molecule has 0 atom stereocenters. The van der Waals surface area contributed by atoms with Crippen molar-refractivity contribution in [3.05, 3.63) is 73.0 Å². The Morgan fingerprint density at radius 2 is 1.97 bits per heavy atom. The Balaban J connectivity index is 1.48. The van der Waals surface area contributed by atoms with Gasteiger partial charge in [-0.3, -0.25) is 9.36 Å². The highest BCUT2D eigenvalue weighted by atomic mass is 32.1. The third-order valence-electron chi connectivity index (χ3n) is 4.95. The van der Waals surface area contributed by atoms with E-state index in [-0.39, 0.29) is 18.6 Å². The van der Waals surface area contributed by atoms with Crippen molar-refractivity contribution in [2.24, 2.45) is 4.99 Å². The standard InChI is InChI=1S/C22H16N2O4S2/c25-20-15(8-14-9-17-18(28-12-27-17)11-16(14)23-20)10-19-21(26)24(22(29)30-19)7-6-13-4-2-1-3-5-13/h1-5,8-11,26H,6-7,12H2/b15-10+. The van der Waals surface area contributed by atoms with Gasteiger partial charge in [-0.25, -0.2) is 4.99 Å². The summed E-state index contributed by atoms with van der Waals surface area (Å²) >= 11 is 6.70. The lowest BCUT2D eigenvalue weighted by molar-refractivity contribution is -0.114. The van der Waals surface area contributed by atoms with Crippen molar-refractivity contribution in [3.63, 3.8) is 0 Å². The SMILES string of the molecule is O=C1N=c2cc3c(cc2=C/C1=C\c1sc(=S)n(CCc2ccccc2)c1O)OCO3. The summed E-state index contributed by atoms with van der Waals surface area (Å²) in [5.41, 5.74) is 1.54. The smallest absolute Gasteiger partial charge is 0.277 e. The molecule has 30 heavy (non-hydrogen) atoms. The number of thiazole rings is 1. The van der Waals surface area contributed by atoms with E-state index >= 15 is 0 Å². The van der Waals surface area contributed by atoms with E-state index in [1.54, 1.807) is 28.9 Å². The van der Waals surface area contributed by atoms with E-state index < -0.39 is 0 Å². The second kappa shape index (κ2) is 7.55. The third kappa shape index (κ3) is 3.44. The minimum atomic E-state index is -0.379. The van der Waals surface area contributed by atoms with Gasteiger partial charge >= 0.3 is 0 Å². The van der Waals surface area contributed by atoms with Crippen LogP contribution in [-0.2, 0) is 17.8 Å². The van der Waals surface area contributed by atoms with E-state index in [2.05, 4.69) is 4.99 Å². The molecule has 0 fully saturated rings. The fourth-order valence-electron chi connectivity index (χ4n) is 3.40. The molecule has 8 heteroatoms. The van der Waals surface area contributed by atoms with Crippen molar-refractivity contribution in [2.75, 3.05) is 6.79 Å². The minimum Gasteiger partial charge on any atom is -0.493 e. The molecule has 0 spiro atoms. The molecule has 0 saturated carbocycles. The number of carbonyl (C=O) groups is 1. The zero-order valence-corrected chi connectivity index (χ0v) is 17.3. The van der Waals surface area contributed by atoms with Gasteiger partial charge in [0.25, 0.3) is 5.91 Å². The number of fused-ring (bicyclic) bond motifs is 2. The van der Waals surface area contributed by atoms with Crippen molar-refractivity contribution in [1.29, 1.82) is 0 Å². The van der Waals surface area contributed by atoms with Crippen LogP contribution in [0.25, 0.3) is 12.2 Å². The summed E-state index contributed by atoms with van der Waals surface area (Å²) in [4.78, 5) is 17.2. The van der Waals surface area contributed by atoms with Crippen molar-refractivity contribution in [2.45, 2.75) is 13.0 Å². The molecular weight excluding hydrogens is 420 g/mol. The first kappa shape index (κ1) is 18.8. The van der Waals surface area contributed by atoms with E-state index in [0.717, 1.165) is 17.2 Å². The first-order valence-electron chi connectivity index (χ1n) is 9.31. The van der Waals surface area contributed by atoms with Gasteiger partial charge in [-0.15, -0.1) is 11.3 Å². The highest BCUT2D eigenvalue weighted by molar-refractivity contribution is 7.73. The van der Waals surface area contributed by atoms with Gasteiger partial charge in [0.1, 0.15) is 0 Å². The molecule has 6 nitrogen and oxygen atoms in total. The molecule has 2 aromatic carbocycles. The van der Waals surface area contributed by atoms with Gasteiger partial charge < -0.3 is 14.6 Å². The second-order valence-corrected chi connectivity index (χ2v) is 8.54. The highest BCUT2D eigenvalue weighted by Gasteiger charge is 2.19. The van der Waals surface area contributed by atoms with E-state index in [1.165, 1.54) is 11.3 Å². The van der Waals surface area contributed by atoms with Crippen LogP contribution in [0.4, 0.5) is 0 Å². The van der Waals surface area contributed by atoms with Crippen LogP contribution in [0.3, 0.4) is 0 Å². The van der Waals surface area contributed by atoms with E-state index in [4.69, 9.17) is 21.7 Å². The lowest BCUT2D eigenvalue weighted by Crippen LogP contribution is -2.30. The van der Waals surface area contributed by atoms with Crippen LogP contribution < -0.4 is 20.0 Å². The Morgan fingerprint density at radius 1 is 1.20 bits per heavy atom. The number of aromatic hydroxyl groups is 1. The normalized spacial score (nSPS) is 15.6. The van der Waals surface area contributed by atoms with Gasteiger partial charge in [0.05, 0.1) is 10.2 Å². The third-order valence-corrected chi connectivity index (χ3v) is 6.33. The molecule has 5 rings (SSSR count). The number of hydrogen-bond acceptors (Lipinski definition) is 6. The van der Waals surface area contributed by atoms with E-state index in [0.29, 0.717) is 37.8 Å². The molecule has 0 saturated heterocycles. The number of amides is 1. The number of carbonyl (C=O) groups excluding carboxylic acids is 1. The molecule has 1 amide bonds. The predicted octanol–water partition coefficient (Wildman–Crippen LogP) is 2.98. The second-order valence-electron chi connectivity index (χ2n) is 6.87. The van der Waals surface area contributed by atoms with Crippen LogP contribution in [0, 0.1) is 3.95 Å². The molecule has 0 radical (unpaired) electrons. The topological polar surface area (TPSA) is 73.1 Å². The first-order valence-corrected chi connectivity index (χ1v) is 10.5. The quantitative estimate of drug-likeness (QED) is 0.503. The van der Waals surface area contributed by atoms with Gasteiger partial charge in [-0.2, -0.15) is 0 Å². The molecule has 1 aromatic heterocycles. The number of benzene rings is 2. The lowest BCUT2D eigenvalue weighted by atomic mass is 10.1. The Kier molecular flexibility index (Phi) is 4.72. The van der Waals surface area contributed by atoms with Crippen LogP contribution in [-0.4, -0.2) is 22.4 Å². The minimum absolute atomic E-state index is 0.0612. The molecule has 150 valence electrons. The Labute approximate surface area is 180 Å². The average molecular weight is 437 g/mol. The van der Waals surface area contributed by atoms with Crippen LogP contribution in [0.1, 0.15) is 10.4 Å². The summed E-state index contributed by atoms with van der Waals surface area (Å²) in [6, 6.07) is 13.5. The molecule has 1 N–H and O–H groups in total. The van der Waals surface area contributed by atoms with Gasteiger partial charge in [-0.1, -0.05) is 30.3 Å². The summed E-state index contributed by atoms with van der Waals surface area (Å²) in [5.74, 6) is 0.888. The molecule has 0 unspecified atom stereocenters.